The van der Waals surface area contributed by atoms with Gasteiger partial charge in [0.15, 0.2) is 0 Å². The molecule has 2 aliphatic rings. The van der Waals surface area contributed by atoms with E-state index < -0.39 is 5.91 Å². The van der Waals surface area contributed by atoms with Gasteiger partial charge in [0.25, 0.3) is 5.91 Å². The first-order chi connectivity index (χ1) is 11.1. The van der Waals surface area contributed by atoms with E-state index in [4.69, 9.17) is 10.5 Å². The van der Waals surface area contributed by atoms with E-state index in [2.05, 4.69) is 16.8 Å². The molecule has 5 heteroatoms. The number of pyridine rings is 1. The maximum Gasteiger partial charge on any atom is 0.267 e. The normalized spacial score (nSPS) is 31.0. The molecule has 126 valence electrons. The van der Waals surface area contributed by atoms with Crippen molar-refractivity contribution in [1.29, 1.82) is 0 Å². The molecule has 0 spiro atoms. The fraction of sp³-hybridized carbons (Fsp3) is 0.667. The van der Waals surface area contributed by atoms with Crippen LogP contribution < -0.4 is 5.73 Å². The molecule has 1 aliphatic heterocycles. The summed E-state index contributed by atoms with van der Waals surface area (Å²) in [6, 6.07) is 3.84. The van der Waals surface area contributed by atoms with Crippen molar-refractivity contribution < 1.29 is 9.53 Å². The second-order valence-corrected chi connectivity index (χ2v) is 6.88. The molecule has 5 nitrogen and oxygen atoms in total. The number of carbonyl (C=O) groups excluding carboxylic acids is 1. The molecule has 2 atom stereocenters. The Labute approximate surface area is 138 Å². The summed E-state index contributed by atoms with van der Waals surface area (Å²) >= 11 is 0. The standard InChI is InChI=1S/C18H27N3O2/c1-3-9-21-11-14-5-4-6-15(12-21)18(14,23-2)13-7-8-20-16(10-13)17(19)22/h7-8,10,14-15H,3-6,9,11-12H2,1-2H3,(H2,19,22). The molecule has 2 heterocycles. The minimum Gasteiger partial charge on any atom is -0.373 e. The van der Waals surface area contributed by atoms with E-state index in [-0.39, 0.29) is 5.60 Å². The second kappa shape index (κ2) is 6.57. The number of likely N-dealkylation sites (tertiary alicyclic amines) is 1. The minimum atomic E-state index is -0.480. The van der Waals surface area contributed by atoms with Crippen LogP contribution in [0.4, 0.5) is 0 Å². The fourth-order valence-corrected chi connectivity index (χ4v) is 4.75. The average molecular weight is 317 g/mol. The zero-order valence-corrected chi connectivity index (χ0v) is 14.1. The van der Waals surface area contributed by atoms with Crippen molar-refractivity contribution in [3.8, 4) is 0 Å². The molecular formula is C18H27N3O2. The Bertz CT molecular complexity index is 561. The lowest BCUT2D eigenvalue weighted by Gasteiger charge is -2.55. The van der Waals surface area contributed by atoms with Crippen molar-refractivity contribution in [3.63, 3.8) is 0 Å². The number of piperidine rings is 1. The highest BCUT2D eigenvalue weighted by atomic mass is 16.5. The summed E-state index contributed by atoms with van der Waals surface area (Å²) in [5, 5.41) is 0. The maximum absolute atomic E-state index is 11.5. The molecule has 2 N–H and O–H groups in total. The van der Waals surface area contributed by atoms with E-state index >= 15 is 0 Å². The number of rotatable bonds is 5. The van der Waals surface area contributed by atoms with Crippen molar-refractivity contribution in [2.24, 2.45) is 17.6 Å². The van der Waals surface area contributed by atoms with E-state index in [1.165, 1.54) is 25.7 Å². The number of hydrogen-bond acceptors (Lipinski definition) is 4. The summed E-state index contributed by atoms with van der Waals surface area (Å²) in [5.74, 6) is 0.427. The van der Waals surface area contributed by atoms with Gasteiger partial charge in [-0.1, -0.05) is 13.3 Å². The van der Waals surface area contributed by atoms with Crippen LogP contribution in [0.25, 0.3) is 0 Å². The molecule has 1 aromatic heterocycles. The summed E-state index contributed by atoms with van der Waals surface area (Å²) in [7, 11) is 1.81. The van der Waals surface area contributed by atoms with Gasteiger partial charge in [0.1, 0.15) is 11.3 Å². The van der Waals surface area contributed by atoms with Gasteiger partial charge in [-0.05, 0) is 43.5 Å². The lowest BCUT2D eigenvalue weighted by Crippen LogP contribution is -2.59. The van der Waals surface area contributed by atoms with E-state index in [9.17, 15) is 4.79 Å². The maximum atomic E-state index is 11.5. The van der Waals surface area contributed by atoms with Crippen LogP contribution >= 0.6 is 0 Å². The van der Waals surface area contributed by atoms with Crippen LogP contribution in [0.15, 0.2) is 18.3 Å². The van der Waals surface area contributed by atoms with Crippen LogP contribution in [0, 0.1) is 11.8 Å². The number of ether oxygens (including phenoxy) is 1. The molecule has 3 rings (SSSR count). The molecule has 2 unspecified atom stereocenters. The van der Waals surface area contributed by atoms with Crippen molar-refractivity contribution in [1.82, 2.24) is 9.88 Å². The molecule has 1 aliphatic carbocycles. The SMILES string of the molecule is CCCN1CC2CCCC(C1)C2(OC)c1ccnc(C(N)=O)c1. The van der Waals surface area contributed by atoms with E-state index in [0.717, 1.165) is 25.2 Å². The van der Waals surface area contributed by atoms with Crippen molar-refractivity contribution in [2.45, 2.75) is 38.2 Å². The van der Waals surface area contributed by atoms with Gasteiger partial charge in [0.2, 0.25) is 0 Å². The number of hydrogen-bond donors (Lipinski definition) is 1. The molecule has 0 aromatic carbocycles. The summed E-state index contributed by atoms with van der Waals surface area (Å²) in [4.78, 5) is 18.2. The van der Waals surface area contributed by atoms with Gasteiger partial charge in [-0.15, -0.1) is 0 Å². The molecular weight excluding hydrogens is 290 g/mol. The molecule has 1 saturated heterocycles. The third-order valence-corrected chi connectivity index (χ3v) is 5.62. The van der Waals surface area contributed by atoms with Crippen molar-refractivity contribution in [2.75, 3.05) is 26.7 Å². The Morgan fingerprint density at radius 2 is 2.13 bits per heavy atom. The zero-order chi connectivity index (χ0) is 16.4. The Morgan fingerprint density at radius 3 is 2.70 bits per heavy atom. The van der Waals surface area contributed by atoms with Gasteiger partial charge in [0.05, 0.1) is 0 Å². The predicted molar refractivity (Wildman–Crippen MR) is 89.0 cm³/mol. The molecule has 2 fully saturated rings. The van der Waals surface area contributed by atoms with Crippen molar-refractivity contribution in [3.05, 3.63) is 29.6 Å². The number of methoxy groups -OCH3 is 1. The Balaban J connectivity index is 2.00. The molecule has 23 heavy (non-hydrogen) atoms. The third-order valence-electron chi connectivity index (χ3n) is 5.62. The van der Waals surface area contributed by atoms with Crippen LogP contribution in [-0.2, 0) is 10.3 Å². The van der Waals surface area contributed by atoms with Gasteiger partial charge >= 0.3 is 0 Å². The predicted octanol–water partition coefficient (Wildman–Crippen LogP) is 2.16. The zero-order valence-electron chi connectivity index (χ0n) is 14.1. The van der Waals surface area contributed by atoms with Crippen LogP contribution in [-0.4, -0.2) is 42.5 Å². The van der Waals surface area contributed by atoms with Crippen LogP contribution in [0.5, 0.6) is 0 Å². The summed E-state index contributed by atoms with van der Waals surface area (Å²) in [6.45, 7) is 5.50. The number of fused-ring (bicyclic) bond motifs is 2. The number of amides is 1. The highest BCUT2D eigenvalue weighted by Crippen LogP contribution is 2.51. The largest absolute Gasteiger partial charge is 0.373 e. The Morgan fingerprint density at radius 1 is 1.43 bits per heavy atom. The minimum absolute atomic E-state index is 0.310. The number of nitrogens with two attached hydrogens (primary N) is 1. The van der Waals surface area contributed by atoms with Crippen molar-refractivity contribution >= 4 is 5.91 Å². The quantitative estimate of drug-likeness (QED) is 0.903. The fourth-order valence-electron chi connectivity index (χ4n) is 4.75. The number of aromatic nitrogens is 1. The Kier molecular flexibility index (Phi) is 4.69. The van der Waals surface area contributed by atoms with Gasteiger partial charge in [-0.25, -0.2) is 0 Å². The first-order valence-electron chi connectivity index (χ1n) is 8.65. The second-order valence-electron chi connectivity index (χ2n) is 6.88. The molecule has 0 radical (unpaired) electrons. The van der Waals surface area contributed by atoms with Crippen LogP contribution in [0.3, 0.4) is 0 Å². The average Bonchev–Trinajstić information content (AvgIpc) is 2.54. The first kappa shape index (κ1) is 16.4. The molecule has 2 bridgehead atoms. The molecule has 1 amide bonds. The highest BCUT2D eigenvalue weighted by Gasteiger charge is 2.53. The topological polar surface area (TPSA) is 68.4 Å². The van der Waals surface area contributed by atoms with Gasteiger partial charge < -0.3 is 15.4 Å². The van der Waals surface area contributed by atoms with E-state index in [1.807, 2.05) is 19.2 Å². The first-order valence-corrected chi connectivity index (χ1v) is 8.65. The lowest BCUT2D eigenvalue weighted by molar-refractivity contribution is -0.168. The van der Waals surface area contributed by atoms with E-state index in [0.29, 0.717) is 17.5 Å². The highest BCUT2D eigenvalue weighted by molar-refractivity contribution is 5.90. The van der Waals surface area contributed by atoms with Gasteiger partial charge in [-0.3, -0.25) is 9.78 Å². The number of carbonyl (C=O) groups is 1. The number of nitrogens with zero attached hydrogens (tertiary/aromatic N) is 2. The molecule has 1 saturated carbocycles. The van der Waals surface area contributed by atoms with E-state index in [1.54, 1.807) is 6.20 Å². The lowest BCUT2D eigenvalue weighted by atomic mass is 9.62. The van der Waals surface area contributed by atoms with Gasteiger partial charge in [0, 0.05) is 38.2 Å². The smallest absolute Gasteiger partial charge is 0.267 e. The van der Waals surface area contributed by atoms with Gasteiger partial charge in [-0.2, -0.15) is 0 Å². The van der Waals surface area contributed by atoms with Crippen LogP contribution in [0.2, 0.25) is 0 Å². The summed E-state index contributed by atoms with van der Waals surface area (Å²) in [5.41, 5.74) is 6.51. The Hall–Kier alpha value is -1.46. The summed E-state index contributed by atoms with van der Waals surface area (Å²) < 4.78 is 6.19. The molecule has 1 aromatic rings. The number of primary amides is 1. The third kappa shape index (κ3) is 2.76. The summed E-state index contributed by atoms with van der Waals surface area (Å²) in [6.07, 6.45) is 6.45. The van der Waals surface area contributed by atoms with Crippen LogP contribution in [0.1, 0.15) is 48.7 Å². The monoisotopic (exact) mass is 317 g/mol.